The van der Waals surface area contributed by atoms with Crippen LogP contribution in [0.1, 0.15) is 49.2 Å². The summed E-state index contributed by atoms with van der Waals surface area (Å²) in [5.41, 5.74) is 1.84. The van der Waals surface area contributed by atoms with E-state index in [0.717, 1.165) is 18.5 Å². The van der Waals surface area contributed by atoms with E-state index in [1.165, 1.54) is 19.2 Å². The molecule has 2 aromatic heterocycles. The van der Waals surface area contributed by atoms with E-state index in [1.807, 2.05) is 11.8 Å². The molecule has 2 N–H and O–H groups in total. The van der Waals surface area contributed by atoms with Gasteiger partial charge < -0.3 is 15.2 Å². The first-order valence-electron chi connectivity index (χ1n) is 10.7. The molecule has 10 heteroatoms. The molecule has 3 rings (SSSR count). The molecule has 1 aliphatic heterocycles. The Hall–Kier alpha value is -2.91. The number of nitrogens with one attached hydrogen (secondary N) is 2. The topological polar surface area (TPSA) is 91.0 Å². The summed E-state index contributed by atoms with van der Waals surface area (Å²) in [5, 5.41) is 2.55. The zero-order chi connectivity index (χ0) is 23.5. The minimum atomic E-state index is -4.27. The first-order chi connectivity index (χ1) is 15.1. The molecule has 0 bridgehead atoms. The number of nitrogens with zero attached hydrogens (tertiary/aromatic N) is 3. The summed E-state index contributed by atoms with van der Waals surface area (Å²) >= 11 is 0. The van der Waals surface area contributed by atoms with E-state index in [4.69, 9.17) is 0 Å². The van der Waals surface area contributed by atoms with Crippen LogP contribution in [-0.2, 0) is 11.2 Å². The van der Waals surface area contributed by atoms with Gasteiger partial charge in [0.2, 0.25) is 5.91 Å². The molecule has 3 atom stereocenters. The van der Waals surface area contributed by atoms with E-state index in [2.05, 4.69) is 26.8 Å². The molecule has 3 heterocycles. The highest BCUT2D eigenvalue weighted by Crippen LogP contribution is 2.27. The summed E-state index contributed by atoms with van der Waals surface area (Å²) in [5.74, 6) is -0.956. The summed E-state index contributed by atoms with van der Waals surface area (Å²) in [6.45, 7) is 7.57. The Labute approximate surface area is 184 Å². The Bertz CT molecular complexity index is 988. The van der Waals surface area contributed by atoms with Crippen molar-refractivity contribution >= 4 is 23.0 Å². The van der Waals surface area contributed by atoms with Crippen LogP contribution in [0.2, 0.25) is 0 Å². The molecule has 3 unspecified atom stereocenters. The average molecular weight is 451 g/mol. The normalized spacial score (nSPS) is 20.2. The maximum atomic E-state index is 12.5. The lowest BCUT2D eigenvalue weighted by Gasteiger charge is -2.37. The van der Waals surface area contributed by atoms with Gasteiger partial charge in [-0.05, 0) is 44.1 Å². The first-order valence-corrected chi connectivity index (χ1v) is 10.7. The van der Waals surface area contributed by atoms with Crippen molar-refractivity contribution in [2.45, 2.75) is 51.7 Å². The van der Waals surface area contributed by atoms with Crippen LogP contribution >= 0.6 is 0 Å². The Morgan fingerprint density at radius 2 is 2.19 bits per heavy atom. The standard InChI is InChI=1S/C22H28F3N5O2/c1-4-18(31)30-6-5-15(7-14(30)3)8-16-11-26-20-19(29-16)17(12-27-20)21(32)28-10-13(2)9-22(23,24)25/h4,11-15H,1,5-10H2,2-3H3,(H,26,27)(H,28,32). The Balaban J connectivity index is 1.65. The molecule has 0 saturated carbocycles. The minimum Gasteiger partial charge on any atom is -0.352 e. The molecule has 7 nitrogen and oxygen atoms in total. The fourth-order valence-electron chi connectivity index (χ4n) is 4.22. The molecular weight excluding hydrogens is 423 g/mol. The van der Waals surface area contributed by atoms with Gasteiger partial charge in [-0.3, -0.25) is 9.59 Å². The van der Waals surface area contributed by atoms with Gasteiger partial charge in [-0.1, -0.05) is 13.5 Å². The highest BCUT2D eigenvalue weighted by atomic mass is 19.4. The van der Waals surface area contributed by atoms with Gasteiger partial charge in [0.15, 0.2) is 5.65 Å². The van der Waals surface area contributed by atoms with Crippen molar-refractivity contribution in [3.63, 3.8) is 0 Å². The quantitative estimate of drug-likeness (QED) is 0.629. The number of fused-ring (bicyclic) bond motifs is 1. The molecule has 1 aliphatic rings. The van der Waals surface area contributed by atoms with Crippen LogP contribution in [0.5, 0.6) is 0 Å². The van der Waals surface area contributed by atoms with E-state index in [0.29, 0.717) is 30.0 Å². The lowest BCUT2D eigenvalue weighted by molar-refractivity contribution is -0.142. The van der Waals surface area contributed by atoms with Crippen molar-refractivity contribution < 1.29 is 22.8 Å². The second-order valence-electron chi connectivity index (χ2n) is 8.57. The molecular formula is C22H28F3N5O2. The number of alkyl halides is 3. The monoisotopic (exact) mass is 451 g/mol. The second kappa shape index (κ2) is 9.70. The highest BCUT2D eigenvalue weighted by molar-refractivity contribution is 6.04. The second-order valence-corrected chi connectivity index (χ2v) is 8.57. The number of aromatic amines is 1. The number of rotatable bonds is 7. The van der Waals surface area contributed by atoms with Crippen LogP contribution < -0.4 is 5.32 Å². The first kappa shape index (κ1) is 23.7. The highest BCUT2D eigenvalue weighted by Gasteiger charge is 2.30. The smallest absolute Gasteiger partial charge is 0.352 e. The van der Waals surface area contributed by atoms with Crippen LogP contribution in [0, 0.1) is 11.8 Å². The molecule has 0 aromatic carbocycles. The number of likely N-dealkylation sites (tertiary alicyclic amines) is 1. The number of carbonyl (C=O) groups excluding carboxylic acids is 2. The summed E-state index contributed by atoms with van der Waals surface area (Å²) < 4.78 is 37.5. The number of hydrogen-bond donors (Lipinski definition) is 2. The largest absolute Gasteiger partial charge is 0.389 e. The third-order valence-electron chi connectivity index (χ3n) is 5.81. The summed E-state index contributed by atoms with van der Waals surface area (Å²) in [6, 6.07) is 0.100. The van der Waals surface area contributed by atoms with Crippen molar-refractivity contribution in [1.29, 1.82) is 0 Å². The SMILES string of the molecule is C=CC(=O)N1CCC(Cc2cnc3[nH]cc(C(=O)NCC(C)CC(F)(F)F)c3n2)CC1C. The Morgan fingerprint density at radius 3 is 2.84 bits per heavy atom. The average Bonchev–Trinajstić information content (AvgIpc) is 3.13. The van der Waals surface area contributed by atoms with Gasteiger partial charge >= 0.3 is 6.18 Å². The third kappa shape index (κ3) is 5.86. The van der Waals surface area contributed by atoms with Gasteiger partial charge in [0, 0.05) is 31.7 Å². The van der Waals surface area contributed by atoms with Gasteiger partial charge in [-0.15, -0.1) is 0 Å². The van der Waals surface area contributed by atoms with Crippen molar-refractivity contribution in [3.05, 3.63) is 36.3 Å². The van der Waals surface area contributed by atoms with E-state index in [9.17, 15) is 22.8 Å². The number of carbonyl (C=O) groups is 2. The number of H-pyrrole nitrogens is 1. The molecule has 32 heavy (non-hydrogen) atoms. The fourth-order valence-corrected chi connectivity index (χ4v) is 4.22. The van der Waals surface area contributed by atoms with Crippen molar-refractivity contribution in [2.24, 2.45) is 11.8 Å². The lowest BCUT2D eigenvalue weighted by atomic mass is 9.88. The van der Waals surface area contributed by atoms with Crippen molar-refractivity contribution in [1.82, 2.24) is 25.2 Å². The molecule has 1 fully saturated rings. The molecule has 2 aromatic rings. The van der Waals surface area contributed by atoms with Crippen molar-refractivity contribution in [3.8, 4) is 0 Å². The van der Waals surface area contributed by atoms with E-state index in [-0.39, 0.29) is 24.1 Å². The molecule has 2 amide bonds. The molecule has 0 radical (unpaired) electrons. The molecule has 0 aliphatic carbocycles. The van der Waals surface area contributed by atoms with Crippen molar-refractivity contribution in [2.75, 3.05) is 13.1 Å². The minimum absolute atomic E-state index is 0.0651. The summed E-state index contributed by atoms with van der Waals surface area (Å²) in [4.78, 5) is 38.1. The van der Waals surface area contributed by atoms with E-state index < -0.39 is 24.4 Å². The number of amides is 2. The number of aromatic nitrogens is 3. The predicted molar refractivity (Wildman–Crippen MR) is 114 cm³/mol. The predicted octanol–water partition coefficient (Wildman–Crippen LogP) is 3.63. The maximum absolute atomic E-state index is 12.5. The van der Waals surface area contributed by atoms with Gasteiger partial charge in [0.25, 0.3) is 5.91 Å². The Kier molecular flexibility index (Phi) is 7.20. The molecule has 1 saturated heterocycles. The van der Waals surface area contributed by atoms with Crippen LogP contribution in [0.25, 0.3) is 11.2 Å². The number of halogens is 3. The van der Waals surface area contributed by atoms with Gasteiger partial charge in [-0.2, -0.15) is 13.2 Å². The molecule has 0 spiro atoms. The fraction of sp³-hybridized carbons (Fsp3) is 0.545. The van der Waals surface area contributed by atoms with Crippen LogP contribution in [0.3, 0.4) is 0 Å². The van der Waals surface area contributed by atoms with Crippen LogP contribution in [0.4, 0.5) is 13.2 Å². The third-order valence-corrected chi connectivity index (χ3v) is 5.81. The van der Waals surface area contributed by atoms with Gasteiger partial charge in [0.1, 0.15) is 5.52 Å². The lowest BCUT2D eigenvalue weighted by Crippen LogP contribution is -2.44. The van der Waals surface area contributed by atoms with E-state index in [1.54, 1.807) is 6.20 Å². The Morgan fingerprint density at radius 1 is 1.44 bits per heavy atom. The molecule has 174 valence electrons. The summed E-state index contributed by atoms with van der Waals surface area (Å²) in [6.07, 6.45) is 1.57. The number of piperidine rings is 1. The summed E-state index contributed by atoms with van der Waals surface area (Å²) in [7, 11) is 0. The number of hydrogen-bond acceptors (Lipinski definition) is 4. The zero-order valence-corrected chi connectivity index (χ0v) is 18.2. The van der Waals surface area contributed by atoms with Crippen LogP contribution in [-0.4, -0.2) is 57.0 Å². The maximum Gasteiger partial charge on any atom is 0.389 e. The van der Waals surface area contributed by atoms with Gasteiger partial charge in [0.05, 0.1) is 17.5 Å². The zero-order valence-electron chi connectivity index (χ0n) is 18.2. The van der Waals surface area contributed by atoms with Crippen LogP contribution in [0.15, 0.2) is 25.0 Å². The van der Waals surface area contributed by atoms with Gasteiger partial charge in [-0.25, -0.2) is 9.97 Å². The van der Waals surface area contributed by atoms with E-state index >= 15 is 0 Å².